The third-order valence-electron chi connectivity index (χ3n) is 2.20. The van der Waals surface area contributed by atoms with E-state index < -0.39 is 0 Å². The Bertz CT molecular complexity index is 156. The van der Waals surface area contributed by atoms with Crippen LogP contribution >= 0.6 is 0 Å². The van der Waals surface area contributed by atoms with Crippen molar-refractivity contribution in [2.75, 3.05) is 13.2 Å². The van der Waals surface area contributed by atoms with Gasteiger partial charge in [0.05, 0.1) is 19.1 Å². The van der Waals surface area contributed by atoms with Gasteiger partial charge in [0.25, 0.3) is 0 Å². The van der Waals surface area contributed by atoms with Crippen LogP contribution in [0.25, 0.3) is 0 Å². The monoisotopic (exact) mass is 186 g/mol. The molecule has 0 amide bonds. The van der Waals surface area contributed by atoms with E-state index in [-0.39, 0.29) is 12.1 Å². The fourth-order valence-electron chi connectivity index (χ4n) is 1.40. The number of hydrogen-bond acceptors (Lipinski definition) is 3. The summed E-state index contributed by atoms with van der Waals surface area (Å²) in [5.41, 5.74) is 0. The van der Waals surface area contributed by atoms with Crippen molar-refractivity contribution in [1.29, 1.82) is 0 Å². The number of esters is 1. The Balaban J connectivity index is 2.03. The predicted octanol–water partition coefficient (Wildman–Crippen LogP) is 1.90. The summed E-state index contributed by atoms with van der Waals surface area (Å²) in [5.74, 6) is -0.119. The van der Waals surface area contributed by atoms with Crippen LogP contribution in [0.1, 0.15) is 39.0 Å². The highest BCUT2D eigenvalue weighted by Gasteiger charge is 2.20. The molecule has 0 bridgehead atoms. The van der Waals surface area contributed by atoms with Gasteiger partial charge in [-0.25, -0.2) is 0 Å². The molecule has 3 heteroatoms. The van der Waals surface area contributed by atoms with Gasteiger partial charge in [0.2, 0.25) is 0 Å². The van der Waals surface area contributed by atoms with E-state index >= 15 is 0 Å². The number of rotatable bonds is 5. The number of carbonyl (C=O) groups is 1. The van der Waals surface area contributed by atoms with Crippen LogP contribution in [0.15, 0.2) is 0 Å². The summed E-state index contributed by atoms with van der Waals surface area (Å²) in [7, 11) is 0. The molecule has 1 heterocycles. The van der Waals surface area contributed by atoms with E-state index in [1.54, 1.807) is 0 Å². The van der Waals surface area contributed by atoms with Crippen LogP contribution < -0.4 is 0 Å². The summed E-state index contributed by atoms with van der Waals surface area (Å²) in [5, 5.41) is 0. The van der Waals surface area contributed by atoms with Crippen LogP contribution in [0, 0.1) is 0 Å². The van der Waals surface area contributed by atoms with Crippen LogP contribution in [0.5, 0.6) is 0 Å². The van der Waals surface area contributed by atoms with Gasteiger partial charge in [-0.05, 0) is 6.42 Å². The van der Waals surface area contributed by atoms with E-state index in [2.05, 4.69) is 6.92 Å². The largest absolute Gasteiger partial charge is 0.465 e. The van der Waals surface area contributed by atoms with E-state index in [0.717, 1.165) is 19.4 Å². The predicted molar refractivity (Wildman–Crippen MR) is 49.5 cm³/mol. The molecular weight excluding hydrogens is 168 g/mol. The molecule has 0 spiro atoms. The van der Waals surface area contributed by atoms with Crippen LogP contribution in [0.4, 0.5) is 0 Å². The quantitative estimate of drug-likeness (QED) is 0.486. The van der Waals surface area contributed by atoms with Gasteiger partial charge in [0, 0.05) is 13.0 Å². The van der Waals surface area contributed by atoms with Crippen LogP contribution in [-0.4, -0.2) is 25.3 Å². The highest BCUT2D eigenvalue weighted by Crippen LogP contribution is 2.12. The molecule has 1 saturated heterocycles. The maximum absolute atomic E-state index is 10.9. The smallest absolute Gasteiger partial charge is 0.308 e. The van der Waals surface area contributed by atoms with Crippen molar-refractivity contribution in [2.45, 2.75) is 45.1 Å². The molecule has 0 aromatic heterocycles. The van der Waals surface area contributed by atoms with Crippen molar-refractivity contribution in [1.82, 2.24) is 0 Å². The summed E-state index contributed by atoms with van der Waals surface area (Å²) >= 11 is 0. The molecule has 0 aliphatic carbocycles. The summed E-state index contributed by atoms with van der Waals surface area (Å²) in [4.78, 5) is 10.9. The number of hydrogen-bond donors (Lipinski definition) is 0. The van der Waals surface area contributed by atoms with Gasteiger partial charge in [0.15, 0.2) is 0 Å². The number of unbranched alkanes of at least 4 members (excludes halogenated alkanes) is 2. The first-order chi connectivity index (χ1) is 6.33. The lowest BCUT2D eigenvalue weighted by Crippen LogP contribution is -2.27. The molecule has 1 aliphatic rings. The minimum atomic E-state index is -0.119. The van der Waals surface area contributed by atoms with Crippen LogP contribution in [0.2, 0.25) is 0 Å². The van der Waals surface area contributed by atoms with Gasteiger partial charge in [-0.3, -0.25) is 4.79 Å². The number of carbonyl (C=O) groups excluding carboxylic acids is 1. The van der Waals surface area contributed by atoms with Crippen LogP contribution in [-0.2, 0) is 14.3 Å². The van der Waals surface area contributed by atoms with E-state index in [1.807, 2.05) is 0 Å². The Hall–Kier alpha value is -0.570. The molecule has 0 N–H and O–H groups in total. The second-order valence-corrected chi connectivity index (χ2v) is 3.41. The van der Waals surface area contributed by atoms with Gasteiger partial charge in [-0.2, -0.15) is 0 Å². The summed E-state index contributed by atoms with van der Waals surface area (Å²) in [6.45, 7) is 3.47. The van der Waals surface area contributed by atoms with E-state index in [1.165, 1.54) is 12.8 Å². The maximum atomic E-state index is 10.9. The Kier molecular flexibility index (Phi) is 4.83. The topological polar surface area (TPSA) is 35.5 Å². The molecule has 0 saturated carbocycles. The molecule has 1 aliphatic heterocycles. The average molecular weight is 186 g/mol. The Morgan fingerprint density at radius 3 is 3.08 bits per heavy atom. The molecule has 0 unspecified atom stereocenters. The third kappa shape index (κ3) is 4.27. The first-order valence-electron chi connectivity index (χ1n) is 5.10. The Morgan fingerprint density at radius 1 is 1.54 bits per heavy atom. The van der Waals surface area contributed by atoms with Gasteiger partial charge in [-0.15, -0.1) is 0 Å². The van der Waals surface area contributed by atoms with Crippen molar-refractivity contribution in [3.63, 3.8) is 0 Å². The number of cyclic esters (lactones) is 1. The summed E-state index contributed by atoms with van der Waals surface area (Å²) < 4.78 is 10.4. The molecule has 0 aromatic rings. The molecule has 13 heavy (non-hydrogen) atoms. The standard InChI is InChI=1S/C10H18O3/c1-2-3-4-6-12-9-5-7-13-10(11)8-9/h9H,2-8H2,1H3/t9-/m1/s1. The van der Waals surface area contributed by atoms with Gasteiger partial charge in [-0.1, -0.05) is 19.8 Å². The Labute approximate surface area is 79.4 Å². The van der Waals surface area contributed by atoms with E-state index in [9.17, 15) is 4.79 Å². The average Bonchev–Trinajstić information content (AvgIpc) is 2.13. The lowest BCUT2D eigenvalue weighted by Gasteiger charge is -2.21. The lowest BCUT2D eigenvalue weighted by molar-refractivity contribution is -0.154. The highest BCUT2D eigenvalue weighted by atomic mass is 16.5. The second kappa shape index (κ2) is 5.97. The molecule has 0 aromatic carbocycles. The second-order valence-electron chi connectivity index (χ2n) is 3.41. The first-order valence-corrected chi connectivity index (χ1v) is 5.10. The molecule has 3 nitrogen and oxygen atoms in total. The lowest BCUT2D eigenvalue weighted by atomic mass is 10.1. The SMILES string of the molecule is CCCCCO[C@@H]1CCOC(=O)C1. The fraction of sp³-hybridized carbons (Fsp3) is 0.900. The van der Waals surface area contributed by atoms with E-state index in [0.29, 0.717) is 13.0 Å². The van der Waals surface area contributed by atoms with Gasteiger partial charge < -0.3 is 9.47 Å². The van der Waals surface area contributed by atoms with Crippen molar-refractivity contribution < 1.29 is 14.3 Å². The molecular formula is C10H18O3. The maximum Gasteiger partial charge on any atom is 0.308 e. The van der Waals surface area contributed by atoms with Crippen molar-refractivity contribution in [3.05, 3.63) is 0 Å². The molecule has 1 fully saturated rings. The Morgan fingerprint density at radius 2 is 2.38 bits per heavy atom. The summed E-state index contributed by atoms with van der Waals surface area (Å²) in [6.07, 6.45) is 4.91. The van der Waals surface area contributed by atoms with Gasteiger partial charge >= 0.3 is 5.97 Å². The highest BCUT2D eigenvalue weighted by molar-refractivity contribution is 5.70. The van der Waals surface area contributed by atoms with Gasteiger partial charge in [0.1, 0.15) is 0 Å². The number of ether oxygens (including phenoxy) is 2. The first kappa shape index (κ1) is 10.5. The molecule has 76 valence electrons. The van der Waals surface area contributed by atoms with Crippen molar-refractivity contribution in [2.24, 2.45) is 0 Å². The van der Waals surface area contributed by atoms with Crippen molar-refractivity contribution in [3.8, 4) is 0 Å². The molecule has 1 rings (SSSR count). The summed E-state index contributed by atoms with van der Waals surface area (Å²) in [6, 6.07) is 0. The third-order valence-corrected chi connectivity index (χ3v) is 2.20. The molecule has 1 atom stereocenters. The minimum Gasteiger partial charge on any atom is -0.465 e. The van der Waals surface area contributed by atoms with E-state index in [4.69, 9.17) is 9.47 Å². The fourth-order valence-corrected chi connectivity index (χ4v) is 1.40. The zero-order valence-electron chi connectivity index (χ0n) is 8.25. The zero-order chi connectivity index (χ0) is 9.52. The normalized spacial score (nSPS) is 22.8. The van der Waals surface area contributed by atoms with Crippen molar-refractivity contribution >= 4 is 5.97 Å². The van der Waals surface area contributed by atoms with Crippen LogP contribution in [0.3, 0.4) is 0 Å². The molecule has 0 radical (unpaired) electrons. The minimum absolute atomic E-state index is 0.109. The zero-order valence-corrected chi connectivity index (χ0v) is 8.25.